The molecule has 0 amide bonds. The van der Waals surface area contributed by atoms with E-state index in [2.05, 4.69) is 13.8 Å². The van der Waals surface area contributed by atoms with E-state index in [-0.39, 0.29) is 7.05 Å². The Balaban J connectivity index is 4.38. The summed E-state index contributed by atoms with van der Waals surface area (Å²) in [4.78, 5) is 4.03. The first-order chi connectivity index (χ1) is 5.86. The highest BCUT2D eigenvalue weighted by molar-refractivity contribution is 6.47. The molecule has 0 N–H and O–H groups in total. The van der Waals surface area contributed by atoms with Gasteiger partial charge in [-0.3, -0.25) is 0 Å². The standard InChI is InChI=1S/C9H21BN2O/c1-8(2)9(11(4)5)13-10(3)12(6)7/h1-7H3. The Kier molecular flexibility index (Phi) is 4.92. The van der Waals surface area contributed by atoms with E-state index in [1.165, 1.54) is 5.57 Å². The molecule has 76 valence electrons. The van der Waals surface area contributed by atoms with Crippen molar-refractivity contribution in [2.45, 2.75) is 20.7 Å². The lowest BCUT2D eigenvalue weighted by molar-refractivity contribution is 0.257. The molecule has 0 heterocycles. The first-order valence-electron chi connectivity index (χ1n) is 4.54. The molecule has 3 nitrogen and oxygen atoms in total. The first kappa shape index (κ1) is 12.4. The van der Waals surface area contributed by atoms with Gasteiger partial charge in [0, 0.05) is 14.1 Å². The maximum Gasteiger partial charge on any atom is 0.446 e. The fraction of sp³-hybridized carbons (Fsp3) is 0.778. The van der Waals surface area contributed by atoms with Crippen LogP contribution in [0.1, 0.15) is 13.8 Å². The van der Waals surface area contributed by atoms with Crippen LogP contribution >= 0.6 is 0 Å². The summed E-state index contributed by atoms with van der Waals surface area (Å²) in [6.45, 7) is 6.14. The maximum absolute atomic E-state index is 5.77. The van der Waals surface area contributed by atoms with E-state index in [0.717, 1.165) is 5.88 Å². The zero-order chi connectivity index (χ0) is 10.6. The summed E-state index contributed by atoms with van der Waals surface area (Å²) < 4.78 is 5.77. The van der Waals surface area contributed by atoms with Crippen LogP contribution in [0.15, 0.2) is 11.5 Å². The van der Waals surface area contributed by atoms with E-state index in [4.69, 9.17) is 4.65 Å². The summed E-state index contributed by atoms with van der Waals surface area (Å²) in [5, 5.41) is 0. The average Bonchev–Trinajstić information content (AvgIpc) is 1.97. The average molecular weight is 184 g/mol. The van der Waals surface area contributed by atoms with Gasteiger partial charge in [0.15, 0.2) is 5.88 Å². The van der Waals surface area contributed by atoms with Crippen LogP contribution in [0.2, 0.25) is 6.82 Å². The fourth-order valence-corrected chi connectivity index (χ4v) is 0.937. The molecular weight excluding hydrogens is 163 g/mol. The minimum absolute atomic E-state index is 0.104. The van der Waals surface area contributed by atoms with Crippen molar-refractivity contribution in [3.05, 3.63) is 11.5 Å². The molecule has 0 saturated carbocycles. The van der Waals surface area contributed by atoms with Crippen molar-refractivity contribution in [1.29, 1.82) is 0 Å². The molecule has 13 heavy (non-hydrogen) atoms. The molecule has 0 bridgehead atoms. The van der Waals surface area contributed by atoms with Crippen molar-refractivity contribution in [2.24, 2.45) is 0 Å². The molecule has 0 saturated heterocycles. The third-order valence-corrected chi connectivity index (χ3v) is 1.84. The van der Waals surface area contributed by atoms with Crippen LogP contribution in [0.25, 0.3) is 0 Å². The predicted molar refractivity (Wildman–Crippen MR) is 58.5 cm³/mol. The molecule has 4 heteroatoms. The van der Waals surface area contributed by atoms with Gasteiger partial charge in [-0.2, -0.15) is 0 Å². The second-order valence-electron chi connectivity index (χ2n) is 3.88. The summed E-state index contributed by atoms with van der Waals surface area (Å²) in [6.07, 6.45) is 0. The lowest BCUT2D eigenvalue weighted by atomic mass is 9.86. The first-order valence-corrected chi connectivity index (χ1v) is 4.54. The van der Waals surface area contributed by atoms with E-state index in [9.17, 15) is 0 Å². The van der Waals surface area contributed by atoms with Gasteiger partial charge in [0.1, 0.15) is 0 Å². The van der Waals surface area contributed by atoms with Gasteiger partial charge in [0.25, 0.3) is 0 Å². The predicted octanol–water partition coefficient (Wildman–Crippen LogP) is 1.50. The SMILES string of the molecule is CB(OC(=C(C)C)N(C)C)N(C)C. The Hall–Kier alpha value is -0.635. The smallest absolute Gasteiger partial charge is 0.446 e. The normalized spacial score (nSPS) is 9.85. The topological polar surface area (TPSA) is 15.7 Å². The van der Waals surface area contributed by atoms with Gasteiger partial charge in [-0.05, 0) is 40.3 Å². The van der Waals surface area contributed by atoms with Crippen LogP contribution in [-0.4, -0.2) is 45.0 Å². The van der Waals surface area contributed by atoms with Crippen LogP contribution in [0, 0.1) is 0 Å². The van der Waals surface area contributed by atoms with Gasteiger partial charge >= 0.3 is 7.05 Å². The van der Waals surface area contributed by atoms with Crippen LogP contribution in [0.4, 0.5) is 0 Å². The summed E-state index contributed by atoms with van der Waals surface area (Å²) in [6, 6.07) is 0. The zero-order valence-corrected chi connectivity index (χ0v) is 9.88. The number of hydrogen-bond donors (Lipinski definition) is 0. The third-order valence-electron chi connectivity index (χ3n) is 1.84. The zero-order valence-electron chi connectivity index (χ0n) is 9.88. The molecule has 0 aliphatic carbocycles. The Morgan fingerprint density at radius 1 is 1.08 bits per heavy atom. The van der Waals surface area contributed by atoms with E-state index in [0.29, 0.717) is 0 Å². The molecule has 0 radical (unpaired) electrons. The lowest BCUT2D eigenvalue weighted by Gasteiger charge is -2.25. The molecule has 0 atom stereocenters. The van der Waals surface area contributed by atoms with Gasteiger partial charge in [-0.1, -0.05) is 0 Å². The number of nitrogens with zero attached hydrogens (tertiary/aromatic N) is 2. The minimum Gasteiger partial charge on any atom is -0.534 e. The van der Waals surface area contributed by atoms with Crippen molar-refractivity contribution < 1.29 is 4.65 Å². The van der Waals surface area contributed by atoms with E-state index in [1.54, 1.807) is 0 Å². The van der Waals surface area contributed by atoms with Gasteiger partial charge in [-0.15, -0.1) is 0 Å². The Labute approximate surface area is 82.5 Å². The highest BCUT2D eigenvalue weighted by Crippen LogP contribution is 2.09. The molecule has 0 aromatic heterocycles. The van der Waals surface area contributed by atoms with Crippen LogP contribution < -0.4 is 0 Å². The maximum atomic E-state index is 5.77. The largest absolute Gasteiger partial charge is 0.534 e. The van der Waals surface area contributed by atoms with Crippen molar-refractivity contribution in [2.75, 3.05) is 28.2 Å². The second-order valence-corrected chi connectivity index (χ2v) is 3.88. The fourth-order valence-electron chi connectivity index (χ4n) is 0.937. The highest BCUT2D eigenvalue weighted by atomic mass is 16.5. The van der Waals surface area contributed by atoms with Gasteiger partial charge in [-0.25, -0.2) is 0 Å². The Morgan fingerprint density at radius 3 is 1.77 bits per heavy atom. The molecular formula is C9H21BN2O. The number of rotatable bonds is 4. The highest BCUT2D eigenvalue weighted by Gasteiger charge is 2.16. The quantitative estimate of drug-likeness (QED) is 0.486. The summed E-state index contributed by atoms with van der Waals surface area (Å²) in [5.74, 6) is 0.946. The van der Waals surface area contributed by atoms with E-state index < -0.39 is 0 Å². The molecule has 0 unspecified atom stereocenters. The van der Waals surface area contributed by atoms with Gasteiger partial charge < -0.3 is 14.4 Å². The van der Waals surface area contributed by atoms with Gasteiger partial charge in [0.05, 0.1) is 0 Å². The Morgan fingerprint density at radius 2 is 1.54 bits per heavy atom. The second kappa shape index (κ2) is 5.17. The Bertz CT molecular complexity index is 186. The summed E-state index contributed by atoms with van der Waals surface area (Å²) >= 11 is 0. The van der Waals surface area contributed by atoms with Crippen LogP contribution in [0.5, 0.6) is 0 Å². The summed E-state index contributed by atoms with van der Waals surface area (Å²) in [5.41, 5.74) is 1.19. The van der Waals surface area contributed by atoms with E-state index >= 15 is 0 Å². The molecule has 0 fully saturated rings. The van der Waals surface area contributed by atoms with Crippen LogP contribution in [0.3, 0.4) is 0 Å². The minimum atomic E-state index is 0.104. The van der Waals surface area contributed by atoms with Crippen LogP contribution in [-0.2, 0) is 4.65 Å². The van der Waals surface area contributed by atoms with Gasteiger partial charge in [0.2, 0.25) is 0 Å². The van der Waals surface area contributed by atoms with Crippen molar-refractivity contribution >= 4 is 7.05 Å². The molecule has 0 aromatic rings. The monoisotopic (exact) mass is 184 g/mol. The molecule has 0 aliphatic rings. The molecule has 0 aliphatic heterocycles. The molecule has 0 spiro atoms. The molecule has 0 rings (SSSR count). The number of hydrogen-bond acceptors (Lipinski definition) is 3. The molecule has 0 aromatic carbocycles. The summed E-state index contributed by atoms with van der Waals surface area (Å²) in [7, 11) is 8.09. The van der Waals surface area contributed by atoms with E-state index in [1.807, 2.05) is 44.7 Å². The lowest BCUT2D eigenvalue weighted by Crippen LogP contribution is -2.35. The van der Waals surface area contributed by atoms with Crippen molar-refractivity contribution in [1.82, 2.24) is 9.71 Å². The third kappa shape index (κ3) is 4.22. The number of allylic oxidation sites excluding steroid dienone is 1. The van der Waals surface area contributed by atoms with Crippen molar-refractivity contribution in [3.8, 4) is 0 Å². The van der Waals surface area contributed by atoms with Crippen molar-refractivity contribution in [3.63, 3.8) is 0 Å².